The van der Waals surface area contributed by atoms with Crippen LogP contribution in [0.4, 0.5) is 10.1 Å². The van der Waals surface area contributed by atoms with Crippen molar-refractivity contribution in [3.8, 4) is 0 Å². The van der Waals surface area contributed by atoms with E-state index in [1.807, 2.05) is 63.3 Å². The topological polar surface area (TPSA) is 66.9 Å². The van der Waals surface area contributed by atoms with Crippen LogP contribution in [0.2, 0.25) is 10.0 Å². The van der Waals surface area contributed by atoms with Crippen LogP contribution in [-0.4, -0.2) is 43.2 Å². The van der Waals surface area contributed by atoms with E-state index in [4.69, 9.17) is 27.9 Å². The number of rotatable bonds is 11. The Bertz CT molecular complexity index is 1610. The second-order valence-electron chi connectivity index (χ2n) is 11.4. The summed E-state index contributed by atoms with van der Waals surface area (Å²) >= 11 is 12.7. The van der Waals surface area contributed by atoms with Crippen molar-refractivity contribution in [2.75, 3.05) is 10.8 Å². The van der Waals surface area contributed by atoms with Gasteiger partial charge in [-0.2, -0.15) is 0 Å². The largest absolute Gasteiger partial charge is 0.357 e. The Labute approximate surface area is 269 Å². The molecule has 1 aliphatic heterocycles. The van der Waals surface area contributed by atoms with Crippen LogP contribution in [0, 0.1) is 11.7 Å². The fraction of sp³-hybridized carbons (Fsp3) is 0.382. The zero-order valence-corrected chi connectivity index (χ0v) is 27.3. The first-order valence-corrected chi connectivity index (χ1v) is 17.2. The summed E-state index contributed by atoms with van der Waals surface area (Å²) in [6.07, 6.45) is 3.76. The molecule has 0 unspecified atom stereocenters. The third-order valence-electron chi connectivity index (χ3n) is 8.35. The fourth-order valence-electron chi connectivity index (χ4n) is 5.96. The molecule has 1 amide bonds. The van der Waals surface area contributed by atoms with E-state index in [-0.39, 0.29) is 24.1 Å². The average molecular weight is 660 g/mol. The summed E-state index contributed by atoms with van der Waals surface area (Å²) in [4.78, 5) is 16.4. The van der Waals surface area contributed by atoms with E-state index >= 15 is 4.39 Å². The lowest BCUT2D eigenvalue weighted by Gasteiger charge is -2.49. The lowest BCUT2D eigenvalue weighted by molar-refractivity contribution is -0.183. The van der Waals surface area contributed by atoms with Gasteiger partial charge in [-0.05, 0) is 73.7 Å². The lowest BCUT2D eigenvalue weighted by atomic mass is 9.88. The second kappa shape index (κ2) is 13.6. The Morgan fingerprint density at radius 3 is 2.34 bits per heavy atom. The van der Waals surface area contributed by atoms with Crippen LogP contribution in [0.25, 0.3) is 0 Å². The maximum atomic E-state index is 15.2. The van der Waals surface area contributed by atoms with E-state index in [9.17, 15) is 13.2 Å². The van der Waals surface area contributed by atoms with Crippen LogP contribution >= 0.6 is 23.2 Å². The van der Waals surface area contributed by atoms with Gasteiger partial charge in [0.1, 0.15) is 18.0 Å². The zero-order chi connectivity index (χ0) is 31.6. The second-order valence-corrected chi connectivity index (χ2v) is 14.5. The normalized spacial score (nSPS) is 22.3. The molecule has 234 valence electrons. The molecule has 1 saturated heterocycles. The quantitative estimate of drug-likeness (QED) is 0.195. The summed E-state index contributed by atoms with van der Waals surface area (Å²) in [6.45, 7) is 5.60. The number of hydrogen-bond donors (Lipinski definition) is 0. The van der Waals surface area contributed by atoms with Gasteiger partial charge in [-0.3, -0.25) is 9.10 Å². The molecule has 1 heterocycles. The van der Waals surface area contributed by atoms with Crippen molar-refractivity contribution in [1.29, 1.82) is 0 Å². The minimum Gasteiger partial charge on any atom is -0.357 e. The number of morpholine rings is 1. The number of carbonyl (C=O) groups excluding carboxylic acids is 1. The summed E-state index contributed by atoms with van der Waals surface area (Å²) < 4.78 is 50.7. The minimum atomic E-state index is -3.88. The van der Waals surface area contributed by atoms with Crippen molar-refractivity contribution in [3.05, 3.63) is 112 Å². The molecule has 44 heavy (non-hydrogen) atoms. The molecule has 1 saturated carbocycles. The standard InChI is InChI=1S/C34H37Cl2FN2O4S/c1-4-9-22(3)32-34(40)39(27(5-2)21-38(44(41,42)28-18-19-28)30-13-7-6-12-29(30)37)31(23-14-16-25(35)17-15-23)33(43-32)24-10-8-11-26(36)20-24/h4,6-17,20,22,27-28,31-33H,5,18-19,21H2,1-3H3/t22-,27+,31-,32-,33-/m1/s1. The number of nitrogens with zero attached hydrogens (tertiary/aromatic N) is 2. The molecule has 5 atom stereocenters. The van der Waals surface area contributed by atoms with Gasteiger partial charge >= 0.3 is 0 Å². The monoisotopic (exact) mass is 658 g/mol. The van der Waals surface area contributed by atoms with Crippen molar-refractivity contribution in [2.45, 2.75) is 69.6 Å². The highest BCUT2D eigenvalue weighted by atomic mass is 35.5. The van der Waals surface area contributed by atoms with Crippen LogP contribution in [0.15, 0.2) is 84.9 Å². The number of sulfonamides is 1. The highest BCUT2D eigenvalue weighted by Crippen LogP contribution is 2.46. The fourth-order valence-corrected chi connectivity index (χ4v) is 8.18. The SMILES string of the molecule is CC=C[C@@H](C)[C@H]1O[C@H](c2cccc(Cl)c2)[C@@H](c2ccc(Cl)cc2)N([C@@H](CC)CN(c2ccccc2F)S(=O)(=O)C2CC2)C1=O. The van der Waals surface area contributed by atoms with Crippen molar-refractivity contribution in [1.82, 2.24) is 4.90 Å². The summed E-state index contributed by atoms with van der Waals surface area (Å²) in [5.74, 6) is -1.18. The van der Waals surface area contributed by atoms with Crippen molar-refractivity contribution < 1.29 is 22.3 Å². The Morgan fingerprint density at radius 2 is 1.73 bits per heavy atom. The number of para-hydroxylation sites is 1. The predicted octanol–water partition coefficient (Wildman–Crippen LogP) is 8.13. The van der Waals surface area contributed by atoms with E-state index in [2.05, 4.69) is 0 Å². The molecule has 6 nitrogen and oxygen atoms in total. The van der Waals surface area contributed by atoms with Gasteiger partial charge in [-0.25, -0.2) is 12.8 Å². The molecule has 2 fully saturated rings. The molecule has 0 spiro atoms. The van der Waals surface area contributed by atoms with Gasteiger partial charge in [0.25, 0.3) is 5.91 Å². The van der Waals surface area contributed by atoms with Crippen LogP contribution in [0.1, 0.15) is 63.3 Å². The maximum Gasteiger partial charge on any atom is 0.253 e. The molecule has 0 radical (unpaired) electrons. The van der Waals surface area contributed by atoms with Crippen molar-refractivity contribution >= 4 is 44.8 Å². The molecule has 1 aliphatic carbocycles. The number of anilines is 1. The smallest absolute Gasteiger partial charge is 0.253 e. The number of benzene rings is 3. The lowest BCUT2D eigenvalue weighted by Crippen LogP contribution is -2.59. The number of halogens is 3. The van der Waals surface area contributed by atoms with Gasteiger partial charge in [-0.15, -0.1) is 0 Å². The minimum absolute atomic E-state index is 0.0215. The van der Waals surface area contributed by atoms with Crippen LogP contribution < -0.4 is 4.31 Å². The maximum absolute atomic E-state index is 15.2. The number of allylic oxidation sites excluding steroid dienone is 1. The predicted molar refractivity (Wildman–Crippen MR) is 174 cm³/mol. The van der Waals surface area contributed by atoms with Crippen LogP contribution in [0.3, 0.4) is 0 Å². The Kier molecular flexibility index (Phi) is 10.0. The first-order chi connectivity index (χ1) is 21.1. The van der Waals surface area contributed by atoms with Crippen LogP contribution in [0.5, 0.6) is 0 Å². The molecule has 0 bridgehead atoms. The highest BCUT2D eigenvalue weighted by Gasteiger charge is 2.49. The Hall–Kier alpha value is -2.91. The van der Waals surface area contributed by atoms with Gasteiger partial charge in [0.05, 0.1) is 29.6 Å². The zero-order valence-electron chi connectivity index (χ0n) is 24.9. The molecular formula is C34H37Cl2FN2O4S. The third-order valence-corrected chi connectivity index (χ3v) is 11.1. The van der Waals surface area contributed by atoms with Gasteiger partial charge in [0.15, 0.2) is 0 Å². The van der Waals surface area contributed by atoms with E-state index in [0.29, 0.717) is 29.3 Å². The highest BCUT2D eigenvalue weighted by molar-refractivity contribution is 7.93. The molecule has 3 aromatic rings. The van der Waals surface area contributed by atoms with E-state index in [0.717, 1.165) is 11.1 Å². The average Bonchev–Trinajstić information content (AvgIpc) is 3.86. The number of hydrogen-bond acceptors (Lipinski definition) is 4. The molecule has 3 aromatic carbocycles. The summed E-state index contributed by atoms with van der Waals surface area (Å²) in [7, 11) is -3.88. The van der Waals surface area contributed by atoms with E-state index in [1.54, 1.807) is 29.2 Å². The van der Waals surface area contributed by atoms with Gasteiger partial charge < -0.3 is 9.64 Å². The molecule has 10 heteroatoms. The first kappa shape index (κ1) is 32.5. The Balaban J connectivity index is 1.67. The van der Waals surface area contributed by atoms with Crippen LogP contribution in [-0.2, 0) is 19.6 Å². The number of carbonyl (C=O) groups is 1. The molecule has 2 aliphatic rings. The molecular weight excluding hydrogens is 622 g/mol. The van der Waals surface area contributed by atoms with E-state index < -0.39 is 45.4 Å². The van der Waals surface area contributed by atoms with Crippen molar-refractivity contribution in [2.24, 2.45) is 5.92 Å². The number of amides is 1. The summed E-state index contributed by atoms with van der Waals surface area (Å²) in [6, 6.07) is 19.2. The van der Waals surface area contributed by atoms with Gasteiger partial charge in [0, 0.05) is 16.0 Å². The first-order valence-electron chi connectivity index (χ1n) is 14.9. The number of ether oxygens (including phenoxy) is 1. The Morgan fingerprint density at radius 1 is 1.02 bits per heavy atom. The van der Waals surface area contributed by atoms with Gasteiger partial charge in [-0.1, -0.05) is 85.6 Å². The summed E-state index contributed by atoms with van der Waals surface area (Å²) in [5.41, 5.74) is 1.52. The van der Waals surface area contributed by atoms with Crippen molar-refractivity contribution in [3.63, 3.8) is 0 Å². The molecule has 0 N–H and O–H groups in total. The van der Waals surface area contributed by atoms with E-state index in [1.165, 1.54) is 22.5 Å². The summed E-state index contributed by atoms with van der Waals surface area (Å²) in [5, 5.41) is 0.486. The van der Waals surface area contributed by atoms with Gasteiger partial charge in [0.2, 0.25) is 10.0 Å². The molecule has 0 aromatic heterocycles. The molecule has 5 rings (SSSR count). The third kappa shape index (κ3) is 6.69.